The second kappa shape index (κ2) is 6.37. The summed E-state index contributed by atoms with van der Waals surface area (Å²) in [6.45, 7) is 4.28. The predicted molar refractivity (Wildman–Crippen MR) is 80.5 cm³/mol. The van der Waals surface area contributed by atoms with Crippen molar-refractivity contribution in [1.82, 2.24) is 0 Å². The minimum Gasteiger partial charge on any atom is -0.494 e. The maximum Gasteiger partial charge on any atom is 0.129 e. The van der Waals surface area contributed by atoms with E-state index < -0.39 is 11.9 Å². The van der Waals surface area contributed by atoms with Crippen LogP contribution < -0.4 is 4.74 Å². The molecule has 0 fully saturated rings. The van der Waals surface area contributed by atoms with Crippen LogP contribution in [0.1, 0.15) is 29.7 Å². The quantitative estimate of drug-likeness (QED) is 0.896. The number of aliphatic hydroxyl groups excluding tert-OH is 1. The van der Waals surface area contributed by atoms with Crippen LogP contribution in [0.5, 0.6) is 5.75 Å². The molecule has 0 aromatic heterocycles. The molecule has 0 radical (unpaired) electrons. The number of aliphatic hydroxyl groups is 1. The summed E-state index contributed by atoms with van der Waals surface area (Å²) in [4.78, 5) is 0. The highest BCUT2D eigenvalue weighted by Crippen LogP contribution is 2.32. The van der Waals surface area contributed by atoms with E-state index in [1.165, 1.54) is 6.07 Å². The second-order valence-corrected chi connectivity index (χ2v) is 5.40. The molecule has 0 saturated heterocycles. The highest BCUT2D eigenvalue weighted by atomic mass is 79.9. The first-order valence-electron chi connectivity index (χ1n) is 6.39. The van der Waals surface area contributed by atoms with Crippen LogP contribution in [-0.2, 0) is 0 Å². The summed E-state index contributed by atoms with van der Waals surface area (Å²) >= 11 is 3.39. The van der Waals surface area contributed by atoms with Gasteiger partial charge in [0.1, 0.15) is 17.7 Å². The van der Waals surface area contributed by atoms with Crippen LogP contribution in [0.3, 0.4) is 0 Å². The average molecular weight is 339 g/mol. The molecule has 2 aromatic carbocycles. The molecule has 0 spiro atoms. The summed E-state index contributed by atoms with van der Waals surface area (Å²) in [6, 6.07) is 10.1. The van der Waals surface area contributed by atoms with Crippen molar-refractivity contribution in [3.8, 4) is 5.75 Å². The van der Waals surface area contributed by atoms with Gasteiger partial charge in [-0.2, -0.15) is 0 Å². The van der Waals surface area contributed by atoms with Crippen molar-refractivity contribution >= 4 is 15.9 Å². The largest absolute Gasteiger partial charge is 0.494 e. The number of hydrogen-bond acceptors (Lipinski definition) is 2. The normalized spacial score (nSPS) is 12.2. The number of ether oxygens (including phenoxy) is 1. The number of hydrogen-bond donors (Lipinski definition) is 1. The van der Waals surface area contributed by atoms with Gasteiger partial charge in [0.05, 0.1) is 6.61 Å². The third-order valence-electron chi connectivity index (χ3n) is 3.03. The van der Waals surface area contributed by atoms with Crippen LogP contribution in [-0.4, -0.2) is 11.7 Å². The highest BCUT2D eigenvalue weighted by molar-refractivity contribution is 9.10. The summed E-state index contributed by atoms with van der Waals surface area (Å²) in [7, 11) is 0. The minimum atomic E-state index is -1.01. The number of rotatable bonds is 4. The molecule has 0 aliphatic rings. The average Bonchev–Trinajstić information content (AvgIpc) is 2.38. The van der Waals surface area contributed by atoms with Crippen LogP contribution in [0.2, 0.25) is 0 Å². The maximum atomic E-state index is 13.9. The lowest BCUT2D eigenvalue weighted by molar-refractivity contribution is 0.214. The number of halogens is 2. The molecule has 1 unspecified atom stereocenters. The van der Waals surface area contributed by atoms with Gasteiger partial charge in [-0.25, -0.2) is 4.39 Å². The van der Waals surface area contributed by atoms with Crippen LogP contribution in [0, 0.1) is 12.7 Å². The molecule has 2 aromatic rings. The van der Waals surface area contributed by atoms with Gasteiger partial charge < -0.3 is 9.84 Å². The van der Waals surface area contributed by atoms with Gasteiger partial charge in [0.25, 0.3) is 0 Å². The standard InChI is InChI=1S/C16H16BrFO2/c1-3-20-11-5-7-12(14(17)9-11)16(19)13-6-4-10(2)8-15(13)18/h4-9,16,19H,3H2,1-2H3. The Morgan fingerprint density at radius 2 is 1.90 bits per heavy atom. The van der Waals surface area contributed by atoms with Gasteiger partial charge in [0, 0.05) is 10.0 Å². The van der Waals surface area contributed by atoms with Crippen molar-refractivity contribution in [3.63, 3.8) is 0 Å². The molecule has 1 atom stereocenters. The summed E-state index contributed by atoms with van der Waals surface area (Å²) in [5.74, 6) is 0.304. The molecule has 20 heavy (non-hydrogen) atoms. The summed E-state index contributed by atoms with van der Waals surface area (Å²) in [6.07, 6.45) is -1.01. The van der Waals surface area contributed by atoms with Gasteiger partial charge in [-0.1, -0.05) is 34.1 Å². The van der Waals surface area contributed by atoms with Crippen molar-refractivity contribution in [1.29, 1.82) is 0 Å². The van der Waals surface area contributed by atoms with Gasteiger partial charge in [-0.3, -0.25) is 0 Å². The predicted octanol–water partition coefficient (Wildman–Crippen LogP) is 4.38. The molecular formula is C16H16BrFO2. The van der Waals surface area contributed by atoms with E-state index >= 15 is 0 Å². The molecule has 0 aliphatic carbocycles. The van der Waals surface area contributed by atoms with Crippen LogP contribution in [0.15, 0.2) is 40.9 Å². The van der Waals surface area contributed by atoms with Crippen molar-refractivity contribution < 1.29 is 14.2 Å². The SMILES string of the molecule is CCOc1ccc(C(O)c2ccc(C)cc2F)c(Br)c1. The molecule has 0 bridgehead atoms. The Labute approximate surface area is 126 Å². The Hall–Kier alpha value is -1.39. The van der Waals surface area contributed by atoms with Crippen molar-refractivity contribution in [3.05, 3.63) is 63.4 Å². The van der Waals surface area contributed by atoms with Crippen molar-refractivity contribution in [2.75, 3.05) is 6.61 Å². The Balaban J connectivity index is 2.35. The smallest absolute Gasteiger partial charge is 0.129 e. The second-order valence-electron chi connectivity index (χ2n) is 4.54. The zero-order valence-electron chi connectivity index (χ0n) is 11.4. The van der Waals surface area contributed by atoms with E-state index in [9.17, 15) is 9.50 Å². The summed E-state index contributed by atoms with van der Waals surface area (Å²) in [5.41, 5.74) is 1.70. The van der Waals surface area contributed by atoms with Crippen LogP contribution in [0.4, 0.5) is 4.39 Å². The first kappa shape index (κ1) is 15.0. The van der Waals surface area contributed by atoms with E-state index in [4.69, 9.17) is 4.74 Å². The van der Waals surface area contributed by atoms with Crippen molar-refractivity contribution in [2.45, 2.75) is 20.0 Å². The molecule has 4 heteroatoms. The zero-order valence-corrected chi connectivity index (χ0v) is 12.9. The van der Waals surface area contributed by atoms with Gasteiger partial charge >= 0.3 is 0 Å². The van der Waals surface area contributed by atoms with E-state index in [1.54, 1.807) is 30.3 Å². The van der Waals surface area contributed by atoms with Gasteiger partial charge in [-0.05, 0) is 43.2 Å². The lowest BCUT2D eigenvalue weighted by Crippen LogP contribution is -2.04. The molecule has 0 heterocycles. The van der Waals surface area contributed by atoms with E-state index in [0.717, 1.165) is 5.56 Å². The first-order chi connectivity index (χ1) is 9.52. The molecule has 0 amide bonds. The fourth-order valence-electron chi connectivity index (χ4n) is 2.01. The Morgan fingerprint density at radius 3 is 2.50 bits per heavy atom. The van der Waals surface area contributed by atoms with E-state index in [1.807, 2.05) is 13.8 Å². The molecule has 2 rings (SSSR count). The Bertz CT molecular complexity index is 613. The monoisotopic (exact) mass is 338 g/mol. The van der Waals surface area contributed by atoms with Crippen LogP contribution in [0.25, 0.3) is 0 Å². The lowest BCUT2D eigenvalue weighted by Gasteiger charge is -2.15. The molecule has 1 N–H and O–H groups in total. The maximum absolute atomic E-state index is 13.9. The molecule has 0 saturated carbocycles. The fourth-order valence-corrected chi connectivity index (χ4v) is 2.58. The summed E-state index contributed by atoms with van der Waals surface area (Å²) < 4.78 is 20.0. The Morgan fingerprint density at radius 1 is 1.20 bits per heavy atom. The Kier molecular flexibility index (Phi) is 4.78. The van der Waals surface area contributed by atoms with E-state index in [0.29, 0.717) is 22.4 Å². The minimum absolute atomic E-state index is 0.264. The van der Waals surface area contributed by atoms with Crippen LogP contribution >= 0.6 is 15.9 Å². The summed E-state index contributed by atoms with van der Waals surface area (Å²) in [5, 5.41) is 10.4. The molecular weight excluding hydrogens is 323 g/mol. The molecule has 2 nitrogen and oxygen atoms in total. The topological polar surface area (TPSA) is 29.5 Å². The zero-order chi connectivity index (χ0) is 14.7. The van der Waals surface area contributed by atoms with E-state index in [2.05, 4.69) is 15.9 Å². The molecule has 106 valence electrons. The number of benzene rings is 2. The van der Waals surface area contributed by atoms with Gasteiger partial charge in [0.15, 0.2) is 0 Å². The highest BCUT2D eigenvalue weighted by Gasteiger charge is 2.18. The third-order valence-corrected chi connectivity index (χ3v) is 3.71. The van der Waals surface area contributed by atoms with E-state index in [-0.39, 0.29) is 5.56 Å². The number of aryl methyl sites for hydroxylation is 1. The lowest BCUT2D eigenvalue weighted by atomic mass is 10.00. The first-order valence-corrected chi connectivity index (χ1v) is 7.18. The fraction of sp³-hybridized carbons (Fsp3) is 0.250. The molecule has 0 aliphatic heterocycles. The van der Waals surface area contributed by atoms with Crippen molar-refractivity contribution in [2.24, 2.45) is 0 Å². The third kappa shape index (κ3) is 3.19. The van der Waals surface area contributed by atoms with Gasteiger partial charge in [0.2, 0.25) is 0 Å². The van der Waals surface area contributed by atoms with Gasteiger partial charge in [-0.15, -0.1) is 0 Å².